The highest BCUT2D eigenvalue weighted by Crippen LogP contribution is 2.13. The summed E-state index contributed by atoms with van der Waals surface area (Å²) in [6.45, 7) is 0.519. The first-order valence-corrected chi connectivity index (χ1v) is 6.47. The van der Waals surface area contributed by atoms with Crippen LogP contribution in [0.25, 0.3) is 0 Å². The van der Waals surface area contributed by atoms with Gasteiger partial charge in [-0.25, -0.2) is 0 Å². The summed E-state index contributed by atoms with van der Waals surface area (Å²) in [6, 6.07) is 11.3. The highest BCUT2D eigenvalue weighted by atomic mass is 35.5. The molecule has 0 bridgehead atoms. The standard InChI is InChI=1S/C14H16ClN3O/c15-11-8-13(18-9-11)14(19)17-7-6-12(16)10-4-2-1-3-5-10/h1-5,8-9,12,18H,6-7,16H2,(H,17,19). The summed E-state index contributed by atoms with van der Waals surface area (Å²) < 4.78 is 0. The zero-order valence-corrected chi connectivity index (χ0v) is 11.2. The second-order valence-electron chi connectivity index (χ2n) is 4.29. The lowest BCUT2D eigenvalue weighted by Crippen LogP contribution is -2.27. The van der Waals surface area contributed by atoms with Crippen LogP contribution >= 0.6 is 11.6 Å². The van der Waals surface area contributed by atoms with Crippen molar-refractivity contribution in [2.75, 3.05) is 6.54 Å². The number of amides is 1. The van der Waals surface area contributed by atoms with Crippen LogP contribution in [0.2, 0.25) is 5.02 Å². The Morgan fingerprint density at radius 1 is 1.37 bits per heavy atom. The molecule has 0 aliphatic heterocycles. The first kappa shape index (κ1) is 13.6. The Kier molecular flexibility index (Phi) is 4.60. The van der Waals surface area contributed by atoms with Crippen LogP contribution in [0.3, 0.4) is 0 Å². The molecule has 1 amide bonds. The third kappa shape index (κ3) is 3.84. The quantitative estimate of drug-likeness (QED) is 0.786. The van der Waals surface area contributed by atoms with Crippen molar-refractivity contribution in [1.29, 1.82) is 0 Å². The number of aromatic nitrogens is 1. The number of aromatic amines is 1. The molecule has 1 aromatic carbocycles. The normalized spacial score (nSPS) is 12.1. The van der Waals surface area contributed by atoms with Gasteiger partial charge in [-0.05, 0) is 18.1 Å². The molecule has 1 aromatic heterocycles. The van der Waals surface area contributed by atoms with Crippen molar-refractivity contribution in [1.82, 2.24) is 10.3 Å². The molecular formula is C14H16ClN3O. The van der Waals surface area contributed by atoms with E-state index in [0.717, 1.165) is 5.56 Å². The number of hydrogen-bond donors (Lipinski definition) is 3. The molecule has 1 unspecified atom stereocenters. The lowest BCUT2D eigenvalue weighted by Gasteiger charge is -2.12. The van der Waals surface area contributed by atoms with Crippen molar-refractivity contribution in [3.8, 4) is 0 Å². The number of benzene rings is 1. The zero-order valence-electron chi connectivity index (χ0n) is 10.4. The van der Waals surface area contributed by atoms with Gasteiger partial charge in [0.15, 0.2) is 0 Å². The lowest BCUT2D eigenvalue weighted by molar-refractivity contribution is 0.0948. The first-order chi connectivity index (χ1) is 9.16. The molecule has 2 aromatic rings. The number of H-pyrrole nitrogens is 1. The predicted molar refractivity (Wildman–Crippen MR) is 76.1 cm³/mol. The molecule has 0 aliphatic rings. The van der Waals surface area contributed by atoms with Gasteiger partial charge in [0.1, 0.15) is 5.69 Å². The van der Waals surface area contributed by atoms with Crippen LogP contribution in [0.5, 0.6) is 0 Å². The van der Waals surface area contributed by atoms with Crippen molar-refractivity contribution < 1.29 is 4.79 Å². The maximum absolute atomic E-state index is 11.7. The van der Waals surface area contributed by atoms with E-state index in [-0.39, 0.29) is 11.9 Å². The Bertz CT molecular complexity index is 539. The fourth-order valence-electron chi connectivity index (χ4n) is 1.80. The van der Waals surface area contributed by atoms with Crippen molar-refractivity contribution >= 4 is 17.5 Å². The number of nitrogens with one attached hydrogen (secondary N) is 2. The van der Waals surface area contributed by atoms with E-state index in [4.69, 9.17) is 17.3 Å². The SMILES string of the molecule is NC(CCNC(=O)c1cc(Cl)c[nH]1)c1ccccc1. The summed E-state index contributed by atoms with van der Waals surface area (Å²) >= 11 is 5.74. The third-order valence-electron chi connectivity index (χ3n) is 2.86. The van der Waals surface area contributed by atoms with Crippen LogP contribution in [0.4, 0.5) is 0 Å². The number of halogens is 1. The molecule has 5 heteroatoms. The third-order valence-corrected chi connectivity index (χ3v) is 3.08. The molecule has 1 heterocycles. The number of carbonyl (C=O) groups excluding carboxylic acids is 1. The molecular weight excluding hydrogens is 262 g/mol. The Balaban J connectivity index is 1.79. The van der Waals surface area contributed by atoms with Gasteiger partial charge in [-0.3, -0.25) is 4.79 Å². The van der Waals surface area contributed by atoms with E-state index in [0.29, 0.717) is 23.7 Å². The van der Waals surface area contributed by atoms with E-state index in [9.17, 15) is 4.79 Å². The molecule has 0 aliphatic carbocycles. The van der Waals surface area contributed by atoms with Crippen LogP contribution in [0, 0.1) is 0 Å². The predicted octanol–water partition coefficient (Wildman–Crippen LogP) is 2.49. The summed E-state index contributed by atoms with van der Waals surface area (Å²) in [5.41, 5.74) is 7.57. The van der Waals surface area contributed by atoms with Crippen LogP contribution < -0.4 is 11.1 Å². The van der Waals surface area contributed by atoms with Gasteiger partial charge in [-0.15, -0.1) is 0 Å². The van der Waals surface area contributed by atoms with E-state index in [2.05, 4.69) is 10.3 Å². The summed E-state index contributed by atoms with van der Waals surface area (Å²) in [7, 11) is 0. The Morgan fingerprint density at radius 2 is 2.11 bits per heavy atom. The number of hydrogen-bond acceptors (Lipinski definition) is 2. The zero-order chi connectivity index (χ0) is 13.7. The van der Waals surface area contributed by atoms with E-state index >= 15 is 0 Å². The number of rotatable bonds is 5. The molecule has 4 nitrogen and oxygen atoms in total. The minimum Gasteiger partial charge on any atom is -0.356 e. The van der Waals surface area contributed by atoms with Gasteiger partial charge in [0, 0.05) is 18.8 Å². The maximum Gasteiger partial charge on any atom is 0.267 e. The largest absolute Gasteiger partial charge is 0.356 e. The Morgan fingerprint density at radius 3 is 2.74 bits per heavy atom. The van der Waals surface area contributed by atoms with Gasteiger partial charge in [0.25, 0.3) is 5.91 Å². The van der Waals surface area contributed by atoms with E-state index < -0.39 is 0 Å². The minimum absolute atomic E-state index is 0.0753. The van der Waals surface area contributed by atoms with E-state index in [1.165, 1.54) is 0 Å². The second kappa shape index (κ2) is 6.41. The Labute approximate surface area is 117 Å². The molecule has 0 fully saturated rings. The fraction of sp³-hybridized carbons (Fsp3) is 0.214. The average molecular weight is 278 g/mol. The summed E-state index contributed by atoms with van der Waals surface area (Å²) in [5.74, 6) is -0.174. The molecule has 0 radical (unpaired) electrons. The second-order valence-corrected chi connectivity index (χ2v) is 4.73. The van der Waals surface area contributed by atoms with Crippen LogP contribution in [-0.2, 0) is 0 Å². The van der Waals surface area contributed by atoms with E-state index in [1.807, 2.05) is 30.3 Å². The molecule has 4 N–H and O–H groups in total. The van der Waals surface area contributed by atoms with Crippen LogP contribution in [-0.4, -0.2) is 17.4 Å². The van der Waals surface area contributed by atoms with Gasteiger partial charge in [0.2, 0.25) is 0 Å². The molecule has 1 atom stereocenters. The van der Waals surface area contributed by atoms with E-state index in [1.54, 1.807) is 12.3 Å². The first-order valence-electron chi connectivity index (χ1n) is 6.09. The van der Waals surface area contributed by atoms with Gasteiger partial charge in [-0.1, -0.05) is 41.9 Å². The highest BCUT2D eigenvalue weighted by Gasteiger charge is 2.09. The lowest BCUT2D eigenvalue weighted by atomic mass is 10.1. The number of carbonyl (C=O) groups is 1. The highest BCUT2D eigenvalue weighted by molar-refractivity contribution is 6.30. The molecule has 0 saturated heterocycles. The molecule has 19 heavy (non-hydrogen) atoms. The summed E-state index contributed by atoms with van der Waals surface area (Å²) in [5, 5.41) is 3.32. The maximum atomic E-state index is 11.7. The average Bonchev–Trinajstić information content (AvgIpc) is 2.86. The van der Waals surface area contributed by atoms with Gasteiger partial charge in [0.05, 0.1) is 5.02 Å². The van der Waals surface area contributed by atoms with Gasteiger partial charge >= 0.3 is 0 Å². The fourth-order valence-corrected chi connectivity index (χ4v) is 1.97. The molecule has 100 valence electrons. The summed E-state index contributed by atoms with van der Waals surface area (Å²) in [4.78, 5) is 14.5. The molecule has 0 spiro atoms. The molecule has 0 saturated carbocycles. The van der Waals surface area contributed by atoms with Crippen LogP contribution in [0.1, 0.15) is 28.5 Å². The van der Waals surface area contributed by atoms with Crippen molar-refractivity contribution in [2.24, 2.45) is 5.73 Å². The smallest absolute Gasteiger partial charge is 0.267 e. The van der Waals surface area contributed by atoms with Gasteiger partial charge < -0.3 is 16.0 Å². The molecule has 2 rings (SSSR count). The van der Waals surface area contributed by atoms with Gasteiger partial charge in [-0.2, -0.15) is 0 Å². The van der Waals surface area contributed by atoms with Crippen molar-refractivity contribution in [3.63, 3.8) is 0 Å². The van der Waals surface area contributed by atoms with Crippen LogP contribution in [0.15, 0.2) is 42.6 Å². The van der Waals surface area contributed by atoms with Crippen molar-refractivity contribution in [2.45, 2.75) is 12.5 Å². The van der Waals surface area contributed by atoms with Crippen molar-refractivity contribution in [3.05, 3.63) is 58.9 Å². The monoisotopic (exact) mass is 277 g/mol. The number of nitrogens with two attached hydrogens (primary N) is 1. The summed E-state index contributed by atoms with van der Waals surface area (Å²) in [6.07, 6.45) is 2.26. The topological polar surface area (TPSA) is 70.9 Å². The minimum atomic E-state index is -0.174. The Hall–Kier alpha value is -1.78.